The van der Waals surface area contributed by atoms with E-state index < -0.39 is 0 Å². The SMILES string of the molecule is ClC1CCC[N]C(c2ccccc2)C1. The molecule has 2 heteroatoms. The highest BCUT2D eigenvalue weighted by Gasteiger charge is 2.19. The van der Waals surface area contributed by atoms with Crippen molar-refractivity contribution in [1.82, 2.24) is 5.32 Å². The Kier molecular flexibility index (Phi) is 3.44. The van der Waals surface area contributed by atoms with E-state index in [9.17, 15) is 0 Å². The summed E-state index contributed by atoms with van der Waals surface area (Å²) in [7, 11) is 0. The lowest BCUT2D eigenvalue weighted by atomic mass is 10.0. The monoisotopic (exact) mass is 208 g/mol. The van der Waals surface area contributed by atoms with Crippen LogP contribution >= 0.6 is 11.6 Å². The van der Waals surface area contributed by atoms with Gasteiger partial charge in [0.05, 0.1) is 6.04 Å². The Labute approximate surface area is 90.5 Å². The fraction of sp³-hybridized carbons (Fsp3) is 0.500. The molecule has 0 N–H and O–H groups in total. The van der Waals surface area contributed by atoms with Gasteiger partial charge in [0.25, 0.3) is 0 Å². The highest BCUT2D eigenvalue weighted by molar-refractivity contribution is 6.20. The second-order valence-corrected chi connectivity index (χ2v) is 4.43. The van der Waals surface area contributed by atoms with Crippen molar-refractivity contribution >= 4 is 11.6 Å². The van der Waals surface area contributed by atoms with Gasteiger partial charge in [-0.1, -0.05) is 30.3 Å². The van der Waals surface area contributed by atoms with E-state index >= 15 is 0 Å². The van der Waals surface area contributed by atoms with Gasteiger partial charge in [-0.3, -0.25) is 0 Å². The van der Waals surface area contributed by atoms with Crippen LogP contribution in [0.15, 0.2) is 30.3 Å². The summed E-state index contributed by atoms with van der Waals surface area (Å²) in [6.45, 7) is 0.961. The van der Waals surface area contributed by atoms with Gasteiger partial charge in [-0.05, 0) is 24.8 Å². The molecule has 1 heterocycles. The standard InChI is InChI=1S/C12H15ClN/c13-11-7-4-8-14-12(9-11)10-5-2-1-3-6-10/h1-3,5-6,11-12H,4,7-9H2. The number of rotatable bonds is 1. The summed E-state index contributed by atoms with van der Waals surface area (Å²) in [5.74, 6) is 0. The zero-order chi connectivity index (χ0) is 9.80. The highest BCUT2D eigenvalue weighted by Crippen LogP contribution is 2.26. The van der Waals surface area contributed by atoms with E-state index in [4.69, 9.17) is 11.6 Å². The Morgan fingerprint density at radius 1 is 1.21 bits per heavy atom. The molecule has 1 aliphatic rings. The molecule has 2 atom stereocenters. The van der Waals surface area contributed by atoms with E-state index in [1.165, 1.54) is 5.56 Å². The summed E-state index contributed by atoms with van der Waals surface area (Å²) in [6, 6.07) is 10.8. The molecule has 1 aromatic rings. The maximum absolute atomic E-state index is 6.21. The zero-order valence-corrected chi connectivity index (χ0v) is 8.95. The van der Waals surface area contributed by atoms with Crippen LogP contribution in [0.5, 0.6) is 0 Å². The van der Waals surface area contributed by atoms with Crippen molar-refractivity contribution in [3.05, 3.63) is 35.9 Å². The van der Waals surface area contributed by atoms with Crippen LogP contribution in [0.25, 0.3) is 0 Å². The molecule has 1 saturated heterocycles. The van der Waals surface area contributed by atoms with Crippen molar-refractivity contribution in [2.75, 3.05) is 6.54 Å². The maximum atomic E-state index is 6.21. The molecular formula is C12H15ClN. The highest BCUT2D eigenvalue weighted by atomic mass is 35.5. The largest absolute Gasteiger partial charge is 0.234 e. The van der Waals surface area contributed by atoms with Crippen molar-refractivity contribution in [1.29, 1.82) is 0 Å². The van der Waals surface area contributed by atoms with E-state index in [0.717, 1.165) is 25.8 Å². The molecule has 1 fully saturated rings. The average Bonchev–Trinajstić information content (AvgIpc) is 2.44. The molecule has 1 nitrogen and oxygen atoms in total. The molecule has 1 aromatic carbocycles. The lowest BCUT2D eigenvalue weighted by Gasteiger charge is -2.15. The quantitative estimate of drug-likeness (QED) is 0.630. The van der Waals surface area contributed by atoms with Gasteiger partial charge in [-0.25, -0.2) is 5.32 Å². The van der Waals surface area contributed by atoms with Gasteiger partial charge in [0.1, 0.15) is 0 Å². The Morgan fingerprint density at radius 3 is 2.79 bits per heavy atom. The molecule has 1 radical (unpaired) electrons. The maximum Gasteiger partial charge on any atom is 0.0509 e. The van der Waals surface area contributed by atoms with Gasteiger partial charge in [-0.2, -0.15) is 0 Å². The van der Waals surface area contributed by atoms with Crippen LogP contribution in [0.4, 0.5) is 0 Å². The molecule has 14 heavy (non-hydrogen) atoms. The van der Waals surface area contributed by atoms with Crippen molar-refractivity contribution in [3.8, 4) is 0 Å². The average molecular weight is 209 g/mol. The minimum absolute atomic E-state index is 0.298. The predicted molar refractivity (Wildman–Crippen MR) is 59.7 cm³/mol. The summed E-state index contributed by atoms with van der Waals surface area (Å²) in [5, 5.41) is 4.96. The Morgan fingerprint density at radius 2 is 2.00 bits per heavy atom. The second kappa shape index (κ2) is 4.81. The first-order valence-electron chi connectivity index (χ1n) is 5.22. The van der Waals surface area contributed by atoms with Gasteiger partial charge in [0, 0.05) is 11.9 Å². The molecular weight excluding hydrogens is 194 g/mol. The molecule has 0 aliphatic carbocycles. The number of benzene rings is 1. The van der Waals surface area contributed by atoms with Crippen molar-refractivity contribution in [2.45, 2.75) is 30.7 Å². The summed E-state index contributed by atoms with van der Waals surface area (Å²) in [6.07, 6.45) is 3.23. The molecule has 0 spiro atoms. The molecule has 2 unspecified atom stereocenters. The lowest BCUT2D eigenvalue weighted by molar-refractivity contribution is 0.526. The first-order valence-corrected chi connectivity index (χ1v) is 5.65. The smallest absolute Gasteiger partial charge is 0.0509 e. The number of nitrogens with zero attached hydrogens (tertiary/aromatic N) is 1. The fourth-order valence-electron chi connectivity index (χ4n) is 1.91. The number of hydrogen-bond donors (Lipinski definition) is 0. The predicted octanol–water partition coefficient (Wildman–Crippen LogP) is 3.12. The van der Waals surface area contributed by atoms with Gasteiger partial charge < -0.3 is 0 Å². The molecule has 0 bridgehead atoms. The van der Waals surface area contributed by atoms with E-state index in [1.54, 1.807) is 0 Å². The molecule has 0 amide bonds. The first kappa shape index (κ1) is 10.0. The topological polar surface area (TPSA) is 14.1 Å². The van der Waals surface area contributed by atoms with Gasteiger partial charge in [0.15, 0.2) is 0 Å². The number of halogens is 1. The third-order valence-electron chi connectivity index (χ3n) is 2.69. The first-order chi connectivity index (χ1) is 6.86. The van der Waals surface area contributed by atoms with Crippen molar-refractivity contribution < 1.29 is 0 Å². The summed E-state index contributed by atoms with van der Waals surface area (Å²) in [4.78, 5) is 0. The summed E-state index contributed by atoms with van der Waals surface area (Å²) < 4.78 is 0. The Hall–Kier alpha value is -0.530. The van der Waals surface area contributed by atoms with Gasteiger partial charge in [-0.15, -0.1) is 11.6 Å². The zero-order valence-electron chi connectivity index (χ0n) is 8.20. The molecule has 0 aromatic heterocycles. The van der Waals surface area contributed by atoms with Crippen LogP contribution in [-0.2, 0) is 0 Å². The van der Waals surface area contributed by atoms with E-state index in [-0.39, 0.29) is 0 Å². The number of alkyl halides is 1. The van der Waals surface area contributed by atoms with Crippen LogP contribution in [0.2, 0.25) is 0 Å². The minimum atomic E-state index is 0.298. The molecule has 2 rings (SSSR count). The molecule has 75 valence electrons. The van der Waals surface area contributed by atoms with Crippen LogP contribution in [0.1, 0.15) is 30.9 Å². The lowest BCUT2D eigenvalue weighted by Crippen LogP contribution is -2.14. The minimum Gasteiger partial charge on any atom is -0.234 e. The van der Waals surface area contributed by atoms with Gasteiger partial charge >= 0.3 is 0 Å². The third kappa shape index (κ3) is 2.49. The van der Waals surface area contributed by atoms with E-state index in [0.29, 0.717) is 11.4 Å². The molecule has 1 aliphatic heterocycles. The molecule has 0 saturated carbocycles. The Balaban J connectivity index is 2.09. The summed E-state index contributed by atoms with van der Waals surface area (Å²) >= 11 is 6.21. The Bertz CT molecular complexity index is 273. The van der Waals surface area contributed by atoms with Gasteiger partial charge in [0.2, 0.25) is 0 Å². The van der Waals surface area contributed by atoms with E-state index in [1.807, 2.05) is 6.07 Å². The van der Waals surface area contributed by atoms with Crippen molar-refractivity contribution in [2.24, 2.45) is 0 Å². The van der Waals surface area contributed by atoms with Crippen LogP contribution in [0.3, 0.4) is 0 Å². The second-order valence-electron chi connectivity index (χ2n) is 3.81. The summed E-state index contributed by atoms with van der Waals surface area (Å²) in [5.41, 5.74) is 1.31. The van der Waals surface area contributed by atoms with Crippen LogP contribution in [-0.4, -0.2) is 11.9 Å². The van der Waals surface area contributed by atoms with Crippen molar-refractivity contribution in [3.63, 3.8) is 0 Å². The normalized spacial score (nSPS) is 28.4. The van der Waals surface area contributed by atoms with E-state index in [2.05, 4.69) is 29.6 Å². The number of hydrogen-bond acceptors (Lipinski definition) is 0. The fourth-order valence-corrected chi connectivity index (χ4v) is 2.23. The van der Waals surface area contributed by atoms with Crippen LogP contribution in [0, 0.1) is 0 Å². The third-order valence-corrected chi connectivity index (χ3v) is 3.08. The van der Waals surface area contributed by atoms with Crippen LogP contribution < -0.4 is 5.32 Å².